The van der Waals surface area contributed by atoms with Crippen LogP contribution in [-0.4, -0.2) is 30.1 Å². The number of hydrazone groups is 1. The first-order chi connectivity index (χ1) is 16.9. The van der Waals surface area contributed by atoms with Crippen LogP contribution in [0.4, 0.5) is 11.4 Å². The lowest BCUT2D eigenvalue weighted by Gasteiger charge is -2.07. The molecule has 0 saturated carbocycles. The Morgan fingerprint density at radius 3 is 2.40 bits per heavy atom. The summed E-state index contributed by atoms with van der Waals surface area (Å²) in [6, 6.07) is 20.5. The minimum absolute atomic E-state index is 0.0354. The van der Waals surface area contributed by atoms with Crippen LogP contribution in [-0.2, 0) is 16.2 Å². The van der Waals surface area contributed by atoms with Gasteiger partial charge in [-0.25, -0.2) is 5.43 Å². The maximum absolute atomic E-state index is 12.0. The minimum Gasteiger partial charge on any atom is -0.497 e. The van der Waals surface area contributed by atoms with Crippen molar-refractivity contribution >= 4 is 29.4 Å². The lowest BCUT2D eigenvalue weighted by molar-refractivity contribution is -0.385. The summed E-state index contributed by atoms with van der Waals surface area (Å²) >= 11 is 0. The molecule has 3 rings (SSSR count). The Kier molecular flexibility index (Phi) is 8.89. The first kappa shape index (κ1) is 24.9. The van der Waals surface area contributed by atoms with Crippen LogP contribution < -0.4 is 20.2 Å². The highest BCUT2D eigenvalue weighted by molar-refractivity contribution is 5.93. The van der Waals surface area contributed by atoms with Crippen LogP contribution >= 0.6 is 0 Å². The molecule has 0 radical (unpaired) electrons. The first-order valence-electron chi connectivity index (χ1n) is 10.7. The van der Waals surface area contributed by atoms with E-state index < -0.39 is 10.8 Å². The number of nitro groups is 1. The Bertz CT molecular complexity index is 1200. The fraction of sp³-hybridized carbons (Fsp3) is 0.160. The number of rotatable bonds is 11. The van der Waals surface area contributed by atoms with Crippen molar-refractivity contribution in [1.29, 1.82) is 0 Å². The summed E-state index contributed by atoms with van der Waals surface area (Å²) in [6.45, 7) is 0.192. The van der Waals surface area contributed by atoms with Gasteiger partial charge in [0.25, 0.3) is 0 Å². The fourth-order valence-electron chi connectivity index (χ4n) is 2.97. The van der Waals surface area contributed by atoms with Gasteiger partial charge in [-0.05, 0) is 42.0 Å². The van der Waals surface area contributed by atoms with Crippen LogP contribution in [0.3, 0.4) is 0 Å². The number of hydrogen-bond acceptors (Lipinski definition) is 7. The number of nitrogens with zero attached hydrogens (tertiary/aromatic N) is 2. The second kappa shape index (κ2) is 12.5. The zero-order valence-electron chi connectivity index (χ0n) is 19.0. The standard InChI is InChI=1S/C25H24N4O6/c1-34-21-10-8-20(9-11-21)27-24(30)13-14-25(31)28-26-16-19-7-12-23(22(15-19)29(32)33)35-17-18-5-3-2-4-6-18/h2-12,15-16H,13-14,17H2,1H3,(H,27,30)(H,28,31). The Morgan fingerprint density at radius 1 is 1.00 bits per heavy atom. The molecule has 35 heavy (non-hydrogen) atoms. The van der Waals surface area contributed by atoms with E-state index in [2.05, 4.69) is 15.8 Å². The number of methoxy groups -OCH3 is 1. The van der Waals surface area contributed by atoms with Gasteiger partial charge in [0.1, 0.15) is 12.4 Å². The van der Waals surface area contributed by atoms with Crippen molar-refractivity contribution in [3.05, 3.63) is 94.0 Å². The summed E-state index contributed by atoms with van der Waals surface area (Å²) in [5.74, 6) is 0.00212. The molecule has 0 aliphatic carbocycles. The van der Waals surface area contributed by atoms with Crippen LogP contribution in [0.15, 0.2) is 77.9 Å². The smallest absolute Gasteiger partial charge is 0.311 e. The van der Waals surface area contributed by atoms with Crippen LogP contribution in [0.5, 0.6) is 11.5 Å². The van der Waals surface area contributed by atoms with Crippen molar-refractivity contribution in [3.8, 4) is 11.5 Å². The highest BCUT2D eigenvalue weighted by atomic mass is 16.6. The van der Waals surface area contributed by atoms with E-state index in [-0.39, 0.29) is 36.8 Å². The van der Waals surface area contributed by atoms with Crippen LogP contribution in [0.1, 0.15) is 24.0 Å². The molecule has 0 aliphatic rings. The van der Waals surface area contributed by atoms with E-state index in [1.165, 1.54) is 18.3 Å². The Hall–Kier alpha value is -4.73. The molecular weight excluding hydrogens is 452 g/mol. The van der Waals surface area contributed by atoms with Crippen molar-refractivity contribution in [2.24, 2.45) is 5.10 Å². The molecule has 3 aromatic carbocycles. The molecule has 10 nitrogen and oxygen atoms in total. The zero-order chi connectivity index (χ0) is 25.0. The maximum atomic E-state index is 12.0. The molecular formula is C25H24N4O6. The van der Waals surface area contributed by atoms with E-state index in [0.29, 0.717) is 17.0 Å². The number of hydrogen-bond donors (Lipinski definition) is 2. The number of ether oxygens (including phenoxy) is 2. The first-order valence-corrected chi connectivity index (χ1v) is 10.7. The summed E-state index contributed by atoms with van der Waals surface area (Å²) in [4.78, 5) is 34.9. The van der Waals surface area contributed by atoms with Crippen LogP contribution in [0, 0.1) is 10.1 Å². The highest BCUT2D eigenvalue weighted by Crippen LogP contribution is 2.28. The lowest BCUT2D eigenvalue weighted by atomic mass is 10.2. The molecule has 3 aromatic rings. The van der Waals surface area contributed by atoms with Gasteiger partial charge >= 0.3 is 5.69 Å². The third-order valence-electron chi connectivity index (χ3n) is 4.77. The highest BCUT2D eigenvalue weighted by Gasteiger charge is 2.16. The molecule has 0 fully saturated rings. The quantitative estimate of drug-likeness (QED) is 0.244. The molecule has 2 amide bonds. The number of carbonyl (C=O) groups excluding carboxylic acids is 2. The van der Waals surface area contributed by atoms with Crippen LogP contribution in [0.25, 0.3) is 0 Å². The number of nitrogens with one attached hydrogen (secondary N) is 2. The summed E-state index contributed by atoms with van der Waals surface area (Å²) < 4.78 is 10.6. The molecule has 0 atom stereocenters. The number of amides is 2. The van der Waals surface area contributed by atoms with Crippen molar-refractivity contribution < 1.29 is 24.0 Å². The number of carbonyl (C=O) groups is 2. The third kappa shape index (κ3) is 7.97. The van der Waals surface area contributed by atoms with Gasteiger partial charge in [0.2, 0.25) is 11.8 Å². The fourth-order valence-corrected chi connectivity index (χ4v) is 2.97. The molecule has 0 bridgehead atoms. The molecule has 2 N–H and O–H groups in total. The lowest BCUT2D eigenvalue weighted by Crippen LogP contribution is -2.20. The maximum Gasteiger partial charge on any atom is 0.311 e. The number of anilines is 1. The van der Waals surface area contributed by atoms with E-state index in [0.717, 1.165) is 5.56 Å². The molecule has 180 valence electrons. The van der Waals surface area contributed by atoms with E-state index in [9.17, 15) is 19.7 Å². The van der Waals surface area contributed by atoms with Crippen molar-refractivity contribution in [3.63, 3.8) is 0 Å². The van der Waals surface area contributed by atoms with E-state index in [4.69, 9.17) is 9.47 Å². The van der Waals surface area contributed by atoms with Crippen LogP contribution in [0.2, 0.25) is 0 Å². The predicted octanol–water partition coefficient (Wildman–Crippen LogP) is 4.05. The van der Waals surface area contributed by atoms with Gasteiger partial charge < -0.3 is 14.8 Å². The average Bonchev–Trinajstić information content (AvgIpc) is 2.87. The van der Waals surface area contributed by atoms with Crippen molar-refractivity contribution in [2.45, 2.75) is 19.4 Å². The minimum atomic E-state index is -0.544. The largest absolute Gasteiger partial charge is 0.497 e. The molecule has 0 heterocycles. The molecule has 0 spiro atoms. The molecule has 0 saturated heterocycles. The molecule has 10 heteroatoms. The van der Waals surface area contributed by atoms with Gasteiger partial charge in [0.05, 0.1) is 18.2 Å². The van der Waals surface area contributed by atoms with Crippen molar-refractivity contribution in [2.75, 3.05) is 12.4 Å². The van der Waals surface area contributed by atoms with Gasteiger partial charge in [-0.3, -0.25) is 19.7 Å². The summed E-state index contributed by atoms with van der Waals surface area (Å²) in [6.07, 6.45) is 1.17. The van der Waals surface area contributed by atoms with E-state index in [1.54, 1.807) is 37.4 Å². The third-order valence-corrected chi connectivity index (χ3v) is 4.77. The number of benzene rings is 3. The average molecular weight is 476 g/mol. The topological polar surface area (TPSA) is 132 Å². The summed E-state index contributed by atoms with van der Waals surface area (Å²) in [5, 5.41) is 17.9. The normalized spacial score (nSPS) is 10.5. The van der Waals surface area contributed by atoms with Crippen molar-refractivity contribution in [1.82, 2.24) is 5.43 Å². The molecule has 0 unspecified atom stereocenters. The zero-order valence-corrected chi connectivity index (χ0v) is 19.0. The SMILES string of the molecule is COc1ccc(NC(=O)CCC(=O)NN=Cc2ccc(OCc3ccccc3)c([N+](=O)[O-])c2)cc1. The predicted molar refractivity (Wildman–Crippen MR) is 130 cm³/mol. The van der Waals surface area contributed by atoms with Gasteiger partial charge in [0.15, 0.2) is 5.75 Å². The second-order valence-corrected chi connectivity index (χ2v) is 7.33. The van der Waals surface area contributed by atoms with E-state index >= 15 is 0 Å². The van der Waals surface area contributed by atoms with Gasteiger partial charge in [0, 0.05) is 30.2 Å². The second-order valence-electron chi connectivity index (χ2n) is 7.33. The van der Waals surface area contributed by atoms with Gasteiger partial charge in [-0.2, -0.15) is 5.10 Å². The summed E-state index contributed by atoms with van der Waals surface area (Å²) in [7, 11) is 1.55. The summed E-state index contributed by atoms with van der Waals surface area (Å²) in [5.41, 5.74) is 3.97. The Balaban J connectivity index is 1.48. The molecule has 0 aliphatic heterocycles. The Labute approximate surface area is 201 Å². The van der Waals surface area contributed by atoms with Gasteiger partial charge in [-0.1, -0.05) is 30.3 Å². The van der Waals surface area contributed by atoms with Gasteiger partial charge in [-0.15, -0.1) is 0 Å². The number of nitro benzene ring substituents is 1. The Morgan fingerprint density at radius 2 is 1.71 bits per heavy atom. The molecule has 0 aromatic heterocycles. The monoisotopic (exact) mass is 476 g/mol. The van der Waals surface area contributed by atoms with E-state index in [1.807, 2.05) is 30.3 Å².